The van der Waals surface area contributed by atoms with Crippen LogP contribution in [0, 0.1) is 5.92 Å². The van der Waals surface area contributed by atoms with Gasteiger partial charge in [-0.25, -0.2) is 4.99 Å². The molecule has 1 amide bonds. The van der Waals surface area contributed by atoms with Gasteiger partial charge in [0.1, 0.15) is 6.79 Å². The van der Waals surface area contributed by atoms with Crippen molar-refractivity contribution in [3.8, 4) is 0 Å². The Morgan fingerprint density at radius 2 is 2.17 bits per heavy atom. The molecule has 1 rings (SSSR count). The van der Waals surface area contributed by atoms with Crippen LogP contribution in [0.5, 0.6) is 0 Å². The predicted molar refractivity (Wildman–Crippen MR) is 47.2 cm³/mol. The number of nitrogens with zero attached hydrogens (tertiary/aromatic N) is 1. The van der Waals surface area contributed by atoms with Gasteiger partial charge >= 0.3 is 0 Å². The van der Waals surface area contributed by atoms with E-state index in [-0.39, 0.29) is 17.9 Å². The molecule has 0 radical (unpaired) electrons. The molecule has 2 atom stereocenters. The largest absolute Gasteiger partial charge is 0.308 e. The number of aliphatic imine (C=N–C) groups is 1. The lowest BCUT2D eigenvalue weighted by Crippen LogP contribution is -2.34. The van der Waals surface area contributed by atoms with Gasteiger partial charge in [-0.2, -0.15) is 0 Å². The topological polar surface area (TPSA) is 58.5 Å². The van der Waals surface area contributed by atoms with Gasteiger partial charge in [0, 0.05) is 18.8 Å². The van der Waals surface area contributed by atoms with Crippen molar-refractivity contribution in [2.75, 3.05) is 6.54 Å². The zero-order valence-electron chi connectivity index (χ0n) is 7.41. The standard InChI is InChI=1S/C7H12N2O.CH2O/c1-5-6(2)8-3-4-9-7(5)10;1-2/h4-6,8H,3H2,1-2H3;1H2. The van der Waals surface area contributed by atoms with Crippen LogP contribution in [-0.2, 0) is 9.59 Å². The third kappa shape index (κ3) is 2.92. The minimum atomic E-state index is -0.0162. The molecule has 1 aliphatic rings. The van der Waals surface area contributed by atoms with Crippen LogP contribution in [-0.4, -0.2) is 31.5 Å². The zero-order chi connectivity index (χ0) is 9.56. The van der Waals surface area contributed by atoms with E-state index in [1.54, 1.807) is 6.21 Å². The average molecular weight is 170 g/mol. The van der Waals surface area contributed by atoms with E-state index >= 15 is 0 Å². The Bertz CT molecular complexity index is 180. The van der Waals surface area contributed by atoms with Crippen LogP contribution >= 0.6 is 0 Å². The second-order valence-electron chi connectivity index (χ2n) is 2.64. The SMILES string of the molecule is C=O.CC1NCC=NC(=O)C1C. The van der Waals surface area contributed by atoms with Gasteiger partial charge in [-0.1, -0.05) is 6.92 Å². The monoisotopic (exact) mass is 170 g/mol. The van der Waals surface area contributed by atoms with Crippen LogP contribution in [0.15, 0.2) is 4.99 Å². The summed E-state index contributed by atoms with van der Waals surface area (Å²) in [6.07, 6.45) is 1.63. The van der Waals surface area contributed by atoms with Gasteiger partial charge in [-0.15, -0.1) is 0 Å². The van der Waals surface area contributed by atoms with Crippen molar-refractivity contribution in [3.63, 3.8) is 0 Å². The summed E-state index contributed by atoms with van der Waals surface area (Å²) in [5.41, 5.74) is 0. The molecule has 0 bridgehead atoms. The van der Waals surface area contributed by atoms with Crippen LogP contribution < -0.4 is 5.32 Å². The van der Waals surface area contributed by atoms with Crippen LogP contribution in [0.1, 0.15) is 13.8 Å². The number of hydrogen-bond acceptors (Lipinski definition) is 3. The summed E-state index contributed by atoms with van der Waals surface area (Å²) in [5.74, 6) is -0.00347. The fraction of sp³-hybridized carbons (Fsp3) is 0.625. The molecule has 0 spiro atoms. The van der Waals surface area contributed by atoms with E-state index in [1.807, 2.05) is 20.6 Å². The smallest absolute Gasteiger partial charge is 0.249 e. The van der Waals surface area contributed by atoms with Crippen molar-refractivity contribution in [1.82, 2.24) is 5.32 Å². The Hall–Kier alpha value is -1.03. The first kappa shape index (κ1) is 11.0. The molecule has 0 fully saturated rings. The van der Waals surface area contributed by atoms with E-state index < -0.39 is 0 Å². The predicted octanol–water partition coefficient (Wildman–Crippen LogP) is 0.0267. The summed E-state index contributed by atoms with van der Waals surface area (Å²) in [6.45, 7) is 6.59. The Morgan fingerprint density at radius 3 is 2.75 bits per heavy atom. The fourth-order valence-electron chi connectivity index (χ4n) is 0.882. The third-order valence-corrected chi connectivity index (χ3v) is 1.89. The Labute approximate surface area is 72.1 Å². The highest BCUT2D eigenvalue weighted by Crippen LogP contribution is 2.05. The summed E-state index contributed by atoms with van der Waals surface area (Å²) < 4.78 is 0. The summed E-state index contributed by atoms with van der Waals surface area (Å²) in [5, 5.41) is 3.15. The first-order valence-corrected chi connectivity index (χ1v) is 3.80. The average Bonchev–Trinajstić information content (AvgIpc) is 2.24. The minimum absolute atomic E-state index is 0.0127. The third-order valence-electron chi connectivity index (χ3n) is 1.89. The number of rotatable bonds is 0. The molecule has 4 heteroatoms. The van der Waals surface area contributed by atoms with E-state index in [1.165, 1.54) is 0 Å². The van der Waals surface area contributed by atoms with Crippen molar-refractivity contribution >= 4 is 18.9 Å². The van der Waals surface area contributed by atoms with E-state index in [0.29, 0.717) is 6.54 Å². The molecule has 1 heterocycles. The first-order valence-electron chi connectivity index (χ1n) is 3.80. The maximum Gasteiger partial charge on any atom is 0.249 e. The summed E-state index contributed by atoms with van der Waals surface area (Å²) in [6, 6.07) is 0.245. The van der Waals surface area contributed by atoms with Crippen molar-refractivity contribution in [2.24, 2.45) is 10.9 Å². The van der Waals surface area contributed by atoms with Gasteiger partial charge < -0.3 is 10.1 Å². The maximum atomic E-state index is 11.0. The van der Waals surface area contributed by atoms with E-state index in [0.717, 1.165) is 0 Å². The quantitative estimate of drug-likeness (QED) is 0.558. The minimum Gasteiger partial charge on any atom is -0.308 e. The van der Waals surface area contributed by atoms with Crippen LogP contribution in [0.25, 0.3) is 0 Å². The summed E-state index contributed by atoms with van der Waals surface area (Å²) in [4.78, 5) is 22.7. The van der Waals surface area contributed by atoms with Crippen molar-refractivity contribution in [1.29, 1.82) is 0 Å². The molecule has 0 aliphatic carbocycles. The summed E-state index contributed by atoms with van der Waals surface area (Å²) in [7, 11) is 0. The van der Waals surface area contributed by atoms with E-state index in [2.05, 4.69) is 10.3 Å². The van der Waals surface area contributed by atoms with Crippen LogP contribution in [0.2, 0.25) is 0 Å². The van der Waals surface area contributed by atoms with Crippen molar-refractivity contribution in [2.45, 2.75) is 19.9 Å². The lowest BCUT2D eigenvalue weighted by Gasteiger charge is -2.13. The number of carbonyl (C=O) groups is 2. The second-order valence-corrected chi connectivity index (χ2v) is 2.64. The van der Waals surface area contributed by atoms with Gasteiger partial charge in [0.25, 0.3) is 0 Å². The Morgan fingerprint density at radius 1 is 1.58 bits per heavy atom. The van der Waals surface area contributed by atoms with Gasteiger partial charge in [-0.3, -0.25) is 4.79 Å². The Balaban J connectivity index is 0.000000561. The van der Waals surface area contributed by atoms with E-state index in [9.17, 15) is 4.79 Å². The highest BCUT2D eigenvalue weighted by Gasteiger charge is 2.20. The first-order chi connectivity index (χ1) is 5.72. The van der Waals surface area contributed by atoms with E-state index in [4.69, 9.17) is 4.79 Å². The lowest BCUT2D eigenvalue weighted by atomic mass is 10.0. The van der Waals surface area contributed by atoms with Crippen LogP contribution in [0.4, 0.5) is 0 Å². The highest BCUT2D eigenvalue weighted by atomic mass is 16.1. The molecule has 1 N–H and O–H groups in total. The molecular formula is C8H14N2O2. The fourth-order valence-corrected chi connectivity index (χ4v) is 0.882. The van der Waals surface area contributed by atoms with Gasteiger partial charge in [0.2, 0.25) is 5.91 Å². The van der Waals surface area contributed by atoms with Gasteiger partial charge in [-0.05, 0) is 6.92 Å². The van der Waals surface area contributed by atoms with Gasteiger partial charge in [0.05, 0.1) is 5.92 Å². The molecule has 68 valence electrons. The summed E-state index contributed by atoms with van der Waals surface area (Å²) >= 11 is 0. The molecule has 0 aromatic rings. The van der Waals surface area contributed by atoms with Crippen molar-refractivity contribution in [3.05, 3.63) is 0 Å². The molecule has 4 nitrogen and oxygen atoms in total. The molecule has 0 saturated heterocycles. The number of amides is 1. The molecule has 1 aliphatic heterocycles. The highest BCUT2D eigenvalue weighted by molar-refractivity contribution is 5.88. The van der Waals surface area contributed by atoms with Crippen LogP contribution in [0.3, 0.4) is 0 Å². The molecule has 2 unspecified atom stereocenters. The van der Waals surface area contributed by atoms with Gasteiger partial charge in [0.15, 0.2) is 0 Å². The second kappa shape index (κ2) is 5.60. The number of nitrogens with one attached hydrogen (secondary N) is 1. The molecular weight excluding hydrogens is 156 g/mol. The number of hydrogen-bond donors (Lipinski definition) is 1. The molecule has 12 heavy (non-hydrogen) atoms. The normalized spacial score (nSPS) is 28.7. The number of carbonyl (C=O) groups excluding carboxylic acids is 2. The molecule has 0 aromatic carbocycles. The maximum absolute atomic E-state index is 11.0. The molecule has 0 saturated carbocycles. The lowest BCUT2D eigenvalue weighted by molar-refractivity contribution is -0.121. The molecule has 0 aromatic heterocycles. The zero-order valence-corrected chi connectivity index (χ0v) is 7.41. The van der Waals surface area contributed by atoms with Crippen molar-refractivity contribution < 1.29 is 9.59 Å². The Kier molecular flexibility index (Phi) is 5.12.